The van der Waals surface area contributed by atoms with E-state index in [9.17, 15) is 13.6 Å². The maximum absolute atomic E-state index is 14.1. The number of rotatable bonds is 4. The zero-order chi connectivity index (χ0) is 18.8. The van der Waals surface area contributed by atoms with Gasteiger partial charge in [-0.1, -0.05) is 0 Å². The molecule has 2 aromatic rings. The zero-order valence-corrected chi connectivity index (χ0v) is 15.3. The van der Waals surface area contributed by atoms with E-state index in [4.69, 9.17) is 0 Å². The van der Waals surface area contributed by atoms with Crippen LogP contribution in [-0.2, 0) is 4.79 Å². The van der Waals surface area contributed by atoms with Crippen LogP contribution in [0.25, 0.3) is 5.69 Å². The van der Waals surface area contributed by atoms with Gasteiger partial charge in [0.25, 0.3) is 0 Å². The topological polar surface area (TPSA) is 50.2 Å². The van der Waals surface area contributed by atoms with Crippen LogP contribution >= 0.6 is 0 Å². The Kier molecular flexibility index (Phi) is 5.36. The second-order valence-electron chi connectivity index (χ2n) is 6.86. The van der Waals surface area contributed by atoms with Crippen LogP contribution in [0.1, 0.15) is 44.0 Å². The highest BCUT2D eigenvalue weighted by atomic mass is 19.1. The smallest absolute Gasteiger partial charge is 0.219 e. The summed E-state index contributed by atoms with van der Waals surface area (Å²) in [6.07, 6.45) is 3.54. The molecule has 0 radical (unpaired) electrons. The Morgan fingerprint density at radius 1 is 1.31 bits per heavy atom. The molecule has 1 saturated heterocycles. The van der Waals surface area contributed by atoms with Crippen LogP contribution in [0, 0.1) is 18.6 Å². The van der Waals surface area contributed by atoms with Gasteiger partial charge in [0.05, 0.1) is 6.20 Å². The summed E-state index contributed by atoms with van der Waals surface area (Å²) in [5.74, 6) is -1.13. The molecular formula is C19H24F2N4O. The van der Waals surface area contributed by atoms with E-state index in [1.807, 2.05) is 18.7 Å². The summed E-state index contributed by atoms with van der Waals surface area (Å²) in [5, 5.41) is 7.87. The molecule has 5 nitrogen and oxygen atoms in total. The highest BCUT2D eigenvalue weighted by molar-refractivity contribution is 5.73. The highest BCUT2D eigenvalue weighted by Crippen LogP contribution is 2.23. The van der Waals surface area contributed by atoms with Gasteiger partial charge in [-0.25, -0.2) is 13.5 Å². The fraction of sp³-hybridized carbons (Fsp3) is 0.474. The van der Waals surface area contributed by atoms with Crippen molar-refractivity contribution in [3.63, 3.8) is 0 Å². The summed E-state index contributed by atoms with van der Waals surface area (Å²) >= 11 is 0. The Bertz CT molecular complexity index is 797. The maximum atomic E-state index is 14.1. The molecule has 3 rings (SSSR count). The molecular weight excluding hydrogens is 338 g/mol. The Morgan fingerprint density at radius 2 is 2.00 bits per heavy atom. The molecule has 1 amide bonds. The summed E-state index contributed by atoms with van der Waals surface area (Å²) in [6.45, 7) is 7.05. The van der Waals surface area contributed by atoms with Crippen LogP contribution in [0.2, 0.25) is 0 Å². The minimum Gasteiger partial charge on any atom is -0.343 e. The van der Waals surface area contributed by atoms with Crippen LogP contribution in [0.15, 0.2) is 24.4 Å². The number of halogens is 2. The minimum absolute atomic E-state index is 0.0427. The van der Waals surface area contributed by atoms with E-state index in [0.29, 0.717) is 6.04 Å². The molecule has 1 aromatic carbocycles. The molecule has 1 aliphatic heterocycles. The van der Waals surface area contributed by atoms with Gasteiger partial charge in [0, 0.05) is 49.4 Å². The molecule has 0 aliphatic carbocycles. The van der Waals surface area contributed by atoms with E-state index in [1.165, 1.54) is 16.8 Å². The normalized spacial score (nSPS) is 16.7. The number of likely N-dealkylation sites (tertiary alicyclic amines) is 1. The van der Waals surface area contributed by atoms with E-state index in [1.54, 1.807) is 13.1 Å². The number of nitrogens with one attached hydrogen (secondary N) is 1. The molecule has 1 aliphatic rings. The third-order valence-electron chi connectivity index (χ3n) is 5.08. The number of amides is 1. The number of hydrogen-bond donors (Lipinski definition) is 1. The van der Waals surface area contributed by atoms with Crippen molar-refractivity contribution in [1.29, 1.82) is 0 Å². The number of benzene rings is 1. The fourth-order valence-corrected chi connectivity index (χ4v) is 3.55. The number of carbonyl (C=O) groups is 1. The van der Waals surface area contributed by atoms with Gasteiger partial charge in [0.1, 0.15) is 11.5 Å². The lowest BCUT2D eigenvalue weighted by Gasteiger charge is -2.33. The minimum atomic E-state index is -0.639. The van der Waals surface area contributed by atoms with Crippen molar-refractivity contribution in [1.82, 2.24) is 20.0 Å². The predicted molar refractivity (Wildman–Crippen MR) is 95.0 cm³/mol. The lowest BCUT2D eigenvalue weighted by atomic mass is 10.0. The SMILES string of the molecule is CC(=O)N1CCC(NC(C)c2cnn(-c3ccc(F)cc3F)c2C)CC1. The van der Waals surface area contributed by atoms with Gasteiger partial charge in [-0.2, -0.15) is 5.10 Å². The molecule has 0 bridgehead atoms. The van der Waals surface area contributed by atoms with Crippen molar-refractivity contribution in [3.8, 4) is 5.69 Å². The van der Waals surface area contributed by atoms with Gasteiger partial charge in [0.2, 0.25) is 5.91 Å². The van der Waals surface area contributed by atoms with Gasteiger partial charge < -0.3 is 10.2 Å². The largest absolute Gasteiger partial charge is 0.343 e. The predicted octanol–water partition coefficient (Wildman–Crippen LogP) is 3.12. The van der Waals surface area contributed by atoms with E-state index in [0.717, 1.165) is 43.3 Å². The van der Waals surface area contributed by atoms with Crippen molar-refractivity contribution in [2.45, 2.75) is 45.7 Å². The third-order valence-corrected chi connectivity index (χ3v) is 5.08. The average molecular weight is 362 g/mol. The maximum Gasteiger partial charge on any atom is 0.219 e. The first-order chi connectivity index (χ1) is 12.4. The second-order valence-corrected chi connectivity index (χ2v) is 6.86. The van der Waals surface area contributed by atoms with Crippen molar-refractivity contribution in [2.24, 2.45) is 0 Å². The molecule has 0 saturated carbocycles. The monoisotopic (exact) mass is 362 g/mol. The van der Waals surface area contributed by atoms with Crippen molar-refractivity contribution in [3.05, 3.63) is 47.3 Å². The number of carbonyl (C=O) groups excluding carboxylic acids is 1. The molecule has 7 heteroatoms. The van der Waals surface area contributed by atoms with Gasteiger partial charge in [-0.05, 0) is 38.8 Å². The van der Waals surface area contributed by atoms with Crippen LogP contribution in [0.5, 0.6) is 0 Å². The summed E-state index contributed by atoms with van der Waals surface area (Å²) in [7, 11) is 0. The standard InChI is InChI=1S/C19H24F2N4O/c1-12(23-16-6-8-24(9-7-16)14(3)26)17-11-22-25(13(17)2)19-5-4-15(20)10-18(19)21/h4-5,10-12,16,23H,6-9H2,1-3H3. The van der Waals surface area contributed by atoms with E-state index >= 15 is 0 Å². The Hall–Kier alpha value is -2.28. The van der Waals surface area contributed by atoms with Crippen molar-refractivity contribution in [2.75, 3.05) is 13.1 Å². The molecule has 1 fully saturated rings. The molecule has 2 heterocycles. The van der Waals surface area contributed by atoms with E-state index in [-0.39, 0.29) is 17.6 Å². The van der Waals surface area contributed by atoms with Crippen molar-refractivity contribution >= 4 is 5.91 Å². The quantitative estimate of drug-likeness (QED) is 0.909. The number of aromatic nitrogens is 2. The average Bonchev–Trinajstić information content (AvgIpc) is 2.97. The number of hydrogen-bond acceptors (Lipinski definition) is 3. The lowest BCUT2D eigenvalue weighted by molar-refractivity contribution is -0.129. The Balaban J connectivity index is 1.70. The fourth-order valence-electron chi connectivity index (χ4n) is 3.55. The molecule has 0 spiro atoms. The highest BCUT2D eigenvalue weighted by Gasteiger charge is 2.23. The van der Waals surface area contributed by atoms with Gasteiger partial charge in [0.15, 0.2) is 5.82 Å². The zero-order valence-electron chi connectivity index (χ0n) is 15.3. The van der Waals surface area contributed by atoms with Gasteiger partial charge in [-0.15, -0.1) is 0 Å². The van der Waals surface area contributed by atoms with Crippen LogP contribution in [0.4, 0.5) is 8.78 Å². The second kappa shape index (κ2) is 7.53. The lowest BCUT2D eigenvalue weighted by Crippen LogP contribution is -2.44. The van der Waals surface area contributed by atoms with Gasteiger partial charge in [-0.3, -0.25) is 4.79 Å². The summed E-state index contributed by atoms with van der Waals surface area (Å²) in [5.41, 5.74) is 2.02. The van der Waals surface area contributed by atoms with Gasteiger partial charge >= 0.3 is 0 Å². The molecule has 26 heavy (non-hydrogen) atoms. The first-order valence-electron chi connectivity index (χ1n) is 8.88. The molecule has 1 aromatic heterocycles. The number of piperidine rings is 1. The van der Waals surface area contributed by atoms with Crippen molar-refractivity contribution < 1.29 is 13.6 Å². The summed E-state index contributed by atoms with van der Waals surface area (Å²) in [4.78, 5) is 13.3. The summed E-state index contributed by atoms with van der Waals surface area (Å²) in [6, 6.07) is 3.85. The first kappa shape index (κ1) is 18.5. The summed E-state index contributed by atoms with van der Waals surface area (Å²) < 4.78 is 28.7. The van der Waals surface area contributed by atoms with E-state index < -0.39 is 11.6 Å². The molecule has 1 N–H and O–H groups in total. The van der Waals surface area contributed by atoms with Crippen LogP contribution in [0.3, 0.4) is 0 Å². The van der Waals surface area contributed by atoms with Crippen LogP contribution < -0.4 is 5.32 Å². The Labute approximate surface area is 152 Å². The van der Waals surface area contributed by atoms with Crippen LogP contribution in [-0.4, -0.2) is 39.7 Å². The third kappa shape index (κ3) is 3.77. The first-order valence-corrected chi connectivity index (χ1v) is 8.88. The molecule has 1 atom stereocenters. The Morgan fingerprint density at radius 3 is 2.62 bits per heavy atom. The van der Waals surface area contributed by atoms with E-state index in [2.05, 4.69) is 10.4 Å². The molecule has 1 unspecified atom stereocenters. The number of nitrogens with zero attached hydrogens (tertiary/aromatic N) is 3. The molecule has 140 valence electrons.